The highest BCUT2D eigenvalue weighted by Gasteiger charge is 2.19. The van der Waals surface area contributed by atoms with Gasteiger partial charge in [0.05, 0.1) is 17.4 Å². The van der Waals surface area contributed by atoms with Crippen molar-refractivity contribution in [1.82, 2.24) is 25.0 Å². The van der Waals surface area contributed by atoms with E-state index in [1.807, 2.05) is 29.5 Å². The Labute approximate surface area is 119 Å². The minimum absolute atomic E-state index is 0.0556. The highest BCUT2D eigenvalue weighted by Crippen LogP contribution is 2.21. The molecule has 0 aliphatic rings. The Bertz CT molecular complexity index is 568. The van der Waals surface area contributed by atoms with Gasteiger partial charge in [-0.25, -0.2) is 0 Å². The van der Waals surface area contributed by atoms with Gasteiger partial charge in [0.15, 0.2) is 0 Å². The van der Waals surface area contributed by atoms with Crippen LogP contribution >= 0.6 is 0 Å². The van der Waals surface area contributed by atoms with Crippen LogP contribution in [0.3, 0.4) is 0 Å². The number of aromatic nitrogens is 4. The number of hydrazine groups is 1. The summed E-state index contributed by atoms with van der Waals surface area (Å²) in [6.07, 6.45) is 3.76. The number of hydrogen-bond donors (Lipinski definition) is 2. The maximum atomic E-state index is 5.77. The van der Waals surface area contributed by atoms with Crippen LogP contribution in [0.15, 0.2) is 12.3 Å². The fourth-order valence-electron chi connectivity index (χ4n) is 2.62. The molecule has 0 bridgehead atoms. The van der Waals surface area contributed by atoms with Crippen molar-refractivity contribution in [3.63, 3.8) is 0 Å². The van der Waals surface area contributed by atoms with Crippen LogP contribution in [0.4, 0.5) is 0 Å². The second-order valence-electron chi connectivity index (χ2n) is 5.07. The van der Waals surface area contributed by atoms with Crippen molar-refractivity contribution in [3.8, 4) is 0 Å². The van der Waals surface area contributed by atoms with Gasteiger partial charge in [-0.1, -0.05) is 6.92 Å². The highest BCUT2D eigenvalue weighted by molar-refractivity contribution is 5.24. The molecule has 6 nitrogen and oxygen atoms in total. The van der Waals surface area contributed by atoms with Crippen LogP contribution in [0.5, 0.6) is 0 Å². The van der Waals surface area contributed by atoms with E-state index in [2.05, 4.69) is 35.5 Å². The van der Waals surface area contributed by atoms with Gasteiger partial charge in [-0.3, -0.25) is 20.6 Å². The first-order valence-electron chi connectivity index (χ1n) is 7.10. The van der Waals surface area contributed by atoms with Crippen molar-refractivity contribution in [3.05, 3.63) is 34.9 Å². The number of nitrogens with two attached hydrogens (primary N) is 1. The average molecular weight is 276 g/mol. The van der Waals surface area contributed by atoms with E-state index in [0.717, 1.165) is 30.8 Å². The van der Waals surface area contributed by atoms with Crippen LogP contribution < -0.4 is 11.3 Å². The summed E-state index contributed by atoms with van der Waals surface area (Å²) in [5.74, 6) is 5.77. The summed E-state index contributed by atoms with van der Waals surface area (Å²) in [6.45, 7) is 7.10. The van der Waals surface area contributed by atoms with E-state index in [9.17, 15) is 0 Å². The predicted molar refractivity (Wildman–Crippen MR) is 79.0 cm³/mol. The average Bonchev–Trinajstić information content (AvgIpc) is 2.98. The Hall–Kier alpha value is -1.66. The van der Waals surface area contributed by atoms with E-state index < -0.39 is 0 Å². The molecule has 0 fully saturated rings. The molecule has 20 heavy (non-hydrogen) atoms. The van der Waals surface area contributed by atoms with Crippen LogP contribution in [0.1, 0.15) is 42.5 Å². The molecule has 1 atom stereocenters. The molecule has 0 spiro atoms. The lowest BCUT2D eigenvalue weighted by molar-refractivity contribution is 0.514. The molecule has 0 aliphatic carbocycles. The van der Waals surface area contributed by atoms with Gasteiger partial charge in [-0.15, -0.1) is 0 Å². The van der Waals surface area contributed by atoms with E-state index in [-0.39, 0.29) is 6.04 Å². The summed E-state index contributed by atoms with van der Waals surface area (Å²) >= 11 is 0. The molecule has 0 saturated heterocycles. The molecule has 0 saturated carbocycles. The zero-order chi connectivity index (χ0) is 14.7. The van der Waals surface area contributed by atoms with Gasteiger partial charge >= 0.3 is 0 Å². The predicted octanol–water partition coefficient (Wildman–Crippen LogP) is 1.25. The Morgan fingerprint density at radius 3 is 2.70 bits per heavy atom. The SMILES string of the molecule is CCc1nn(C)cc1C(Cc1cc(C)nn1CC)NN. The molecule has 0 amide bonds. The van der Waals surface area contributed by atoms with Gasteiger partial charge in [0.1, 0.15) is 0 Å². The van der Waals surface area contributed by atoms with Crippen molar-refractivity contribution >= 4 is 0 Å². The van der Waals surface area contributed by atoms with Crippen molar-refractivity contribution in [2.75, 3.05) is 0 Å². The lowest BCUT2D eigenvalue weighted by atomic mass is 10.0. The second kappa shape index (κ2) is 6.19. The number of aryl methyl sites for hydroxylation is 4. The molecule has 2 rings (SSSR count). The topological polar surface area (TPSA) is 73.7 Å². The summed E-state index contributed by atoms with van der Waals surface area (Å²) < 4.78 is 3.88. The first kappa shape index (κ1) is 14.7. The third kappa shape index (κ3) is 2.91. The number of rotatable bonds is 6. The molecular formula is C14H24N6. The van der Waals surface area contributed by atoms with Gasteiger partial charge < -0.3 is 0 Å². The third-order valence-corrected chi connectivity index (χ3v) is 3.55. The molecule has 0 aromatic carbocycles. The second-order valence-corrected chi connectivity index (χ2v) is 5.07. The molecule has 2 heterocycles. The highest BCUT2D eigenvalue weighted by atomic mass is 15.3. The van der Waals surface area contributed by atoms with Crippen LogP contribution in [0, 0.1) is 6.92 Å². The number of hydrogen-bond acceptors (Lipinski definition) is 4. The largest absolute Gasteiger partial charge is 0.275 e. The first-order chi connectivity index (χ1) is 9.58. The van der Waals surface area contributed by atoms with Gasteiger partial charge in [-0.2, -0.15) is 10.2 Å². The standard InChI is InChI=1S/C14H24N6/c1-5-13-12(9-19(4)18-13)14(16-15)8-11-7-10(3)17-20(11)6-2/h7,9,14,16H,5-6,8,15H2,1-4H3. The monoisotopic (exact) mass is 276 g/mol. The minimum atomic E-state index is 0.0556. The number of nitrogens with one attached hydrogen (secondary N) is 1. The molecule has 6 heteroatoms. The molecule has 3 N–H and O–H groups in total. The summed E-state index contributed by atoms with van der Waals surface area (Å²) in [6, 6.07) is 2.18. The lowest BCUT2D eigenvalue weighted by Crippen LogP contribution is -2.30. The maximum absolute atomic E-state index is 5.77. The first-order valence-corrected chi connectivity index (χ1v) is 7.10. The Kier molecular flexibility index (Phi) is 4.57. The molecule has 2 aromatic rings. The molecule has 110 valence electrons. The Morgan fingerprint density at radius 2 is 2.10 bits per heavy atom. The normalized spacial score (nSPS) is 12.8. The van der Waals surface area contributed by atoms with Crippen molar-refractivity contribution in [2.45, 2.75) is 46.2 Å². The third-order valence-electron chi connectivity index (χ3n) is 3.55. The van der Waals surface area contributed by atoms with E-state index in [4.69, 9.17) is 5.84 Å². The van der Waals surface area contributed by atoms with Crippen molar-refractivity contribution in [2.24, 2.45) is 12.9 Å². The minimum Gasteiger partial charge on any atom is -0.275 e. The van der Waals surface area contributed by atoms with Gasteiger partial charge in [0.2, 0.25) is 0 Å². The van der Waals surface area contributed by atoms with Gasteiger partial charge in [0, 0.05) is 37.5 Å². The smallest absolute Gasteiger partial charge is 0.0670 e. The van der Waals surface area contributed by atoms with Crippen LogP contribution in [-0.2, 0) is 26.4 Å². The van der Waals surface area contributed by atoms with E-state index in [1.54, 1.807) is 0 Å². The molecule has 1 unspecified atom stereocenters. The van der Waals surface area contributed by atoms with Gasteiger partial charge in [-0.05, 0) is 26.3 Å². The van der Waals surface area contributed by atoms with E-state index in [0.29, 0.717) is 0 Å². The zero-order valence-electron chi connectivity index (χ0n) is 12.7. The Morgan fingerprint density at radius 1 is 1.35 bits per heavy atom. The quantitative estimate of drug-likeness (QED) is 0.615. The summed E-state index contributed by atoms with van der Waals surface area (Å²) in [4.78, 5) is 0. The van der Waals surface area contributed by atoms with E-state index in [1.165, 1.54) is 11.3 Å². The molecule has 0 aliphatic heterocycles. The van der Waals surface area contributed by atoms with Crippen molar-refractivity contribution in [1.29, 1.82) is 0 Å². The van der Waals surface area contributed by atoms with Crippen LogP contribution in [-0.4, -0.2) is 19.6 Å². The molecule has 0 radical (unpaired) electrons. The maximum Gasteiger partial charge on any atom is 0.0670 e. The van der Waals surface area contributed by atoms with Gasteiger partial charge in [0.25, 0.3) is 0 Å². The fraction of sp³-hybridized carbons (Fsp3) is 0.571. The summed E-state index contributed by atoms with van der Waals surface area (Å²) in [5, 5.41) is 8.97. The van der Waals surface area contributed by atoms with E-state index >= 15 is 0 Å². The lowest BCUT2D eigenvalue weighted by Gasteiger charge is -2.16. The molecule has 2 aromatic heterocycles. The van der Waals surface area contributed by atoms with Crippen LogP contribution in [0.2, 0.25) is 0 Å². The van der Waals surface area contributed by atoms with Crippen molar-refractivity contribution < 1.29 is 0 Å². The summed E-state index contributed by atoms with van der Waals surface area (Å²) in [7, 11) is 1.94. The molecular weight excluding hydrogens is 252 g/mol. The zero-order valence-corrected chi connectivity index (χ0v) is 12.7. The fourth-order valence-corrected chi connectivity index (χ4v) is 2.62. The number of nitrogens with zero attached hydrogens (tertiary/aromatic N) is 4. The Balaban J connectivity index is 2.28. The van der Waals surface area contributed by atoms with Crippen LogP contribution in [0.25, 0.3) is 0 Å². The summed E-state index contributed by atoms with van der Waals surface area (Å²) in [5.41, 5.74) is 7.41.